The Labute approximate surface area is 136 Å². The molecule has 0 atom stereocenters. The summed E-state index contributed by atoms with van der Waals surface area (Å²) in [5.41, 5.74) is 4.85. The van der Waals surface area contributed by atoms with Crippen LogP contribution in [0.5, 0.6) is 0 Å². The fraction of sp³-hybridized carbons (Fsp3) is 0.333. The Morgan fingerprint density at radius 1 is 1.09 bits per heavy atom. The highest BCUT2D eigenvalue weighted by molar-refractivity contribution is 7.98. The SMILES string of the molecule is CC(C)N(O)SNc1cccc(-c2ccc(C3CC3)cc2)c1. The molecule has 0 radical (unpaired) electrons. The Balaban J connectivity index is 1.70. The summed E-state index contributed by atoms with van der Waals surface area (Å²) in [5.74, 6) is 0.796. The molecule has 2 aromatic carbocycles. The van der Waals surface area contributed by atoms with Crippen molar-refractivity contribution >= 4 is 17.8 Å². The van der Waals surface area contributed by atoms with Crippen molar-refractivity contribution < 1.29 is 5.21 Å². The maximum atomic E-state index is 9.70. The second-order valence-corrected chi connectivity index (χ2v) is 6.83. The van der Waals surface area contributed by atoms with E-state index in [9.17, 15) is 5.21 Å². The third-order valence-corrected chi connectivity index (χ3v) is 4.79. The minimum atomic E-state index is 0.0654. The number of hydrogen-bond donors (Lipinski definition) is 2. The molecule has 1 aliphatic rings. The summed E-state index contributed by atoms with van der Waals surface area (Å²) in [6.45, 7) is 3.87. The molecule has 3 rings (SSSR count). The Kier molecular flexibility index (Phi) is 4.71. The number of benzene rings is 2. The molecular weight excluding hydrogens is 292 g/mol. The molecule has 0 aliphatic heterocycles. The van der Waals surface area contributed by atoms with E-state index in [-0.39, 0.29) is 6.04 Å². The van der Waals surface area contributed by atoms with Gasteiger partial charge in [0, 0.05) is 11.7 Å². The van der Waals surface area contributed by atoms with Crippen LogP contribution < -0.4 is 4.72 Å². The average molecular weight is 314 g/mol. The summed E-state index contributed by atoms with van der Waals surface area (Å²) in [5, 5.41) is 9.70. The molecule has 0 saturated heterocycles. The Morgan fingerprint density at radius 3 is 2.45 bits per heavy atom. The lowest BCUT2D eigenvalue weighted by Gasteiger charge is -2.17. The molecule has 1 saturated carbocycles. The van der Waals surface area contributed by atoms with Crippen LogP contribution in [0.25, 0.3) is 11.1 Å². The predicted molar refractivity (Wildman–Crippen MR) is 93.8 cm³/mol. The number of nitrogens with zero attached hydrogens (tertiary/aromatic N) is 1. The standard InChI is InChI=1S/C18H22N2OS/c1-13(2)20(21)22-19-18-5-3-4-17(12-18)16-10-8-15(9-11-16)14-6-7-14/h3-5,8-14,19,21H,6-7H2,1-2H3. The summed E-state index contributed by atoms with van der Waals surface area (Å²) in [6, 6.07) is 17.2. The van der Waals surface area contributed by atoms with Crippen molar-refractivity contribution in [3.05, 3.63) is 54.1 Å². The molecule has 1 aliphatic carbocycles. The van der Waals surface area contributed by atoms with Crippen LogP contribution in [0.2, 0.25) is 0 Å². The highest BCUT2D eigenvalue weighted by Crippen LogP contribution is 2.40. The maximum Gasteiger partial charge on any atom is 0.0635 e. The zero-order chi connectivity index (χ0) is 15.5. The van der Waals surface area contributed by atoms with Gasteiger partial charge in [0.15, 0.2) is 0 Å². The summed E-state index contributed by atoms with van der Waals surface area (Å²) in [6.07, 6.45) is 2.67. The van der Waals surface area contributed by atoms with Crippen molar-refractivity contribution in [3.63, 3.8) is 0 Å². The van der Waals surface area contributed by atoms with Crippen molar-refractivity contribution in [2.75, 3.05) is 4.72 Å². The van der Waals surface area contributed by atoms with E-state index >= 15 is 0 Å². The highest BCUT2D eigenvalue weighted by atomic mass is 32.2. The number of anilines is 1. The van der Waals surface area contributed by atoms with Gasteiger partial charge in [-0.2, -0.15) is 0 Å². The van der Waals surface area contributed by atoms with Gasteiger partial charge in [-0.05, 0) is 61.4 Å². The van der Waals surface area contributed by atoms with Crippen molar-refractivity contribution in [1.29, 1.82) is 0 Å². The molecule has 0 heterocycles. The topological polar surface area (TPSA) is 35.5 Å². The van der Waals surface area contributed by atoms with Crippen LogP contribution in [-0.2, 0) is 0 Å². The quantitative estimate of drug-likeness (QED) is 0.560. The van der Waals surface area contributed by atoms with Crippen molar-refractivity contribution in [2.24, 2.45) is 0 Å². The van der Waals surface area contributed by atoms with E-state index < -0.39 is 0 Å². The molecular formula is C18H22N2OS. The first-order chi connectivity index (χ1) is 10.6. The van der Waals surface area contributed by atoms with Crippen molar-refractivity contribution in [1.82, 2.24) is 4.47 Å². The molecule has 2 aromatic rings. The van der Waals surface area contributed by atoms with E-state index in [4.69, 9.17) is 0 Å². The van der Waals surface area contributed by atoms with Gasteiger partial charge in [-0.15, -0.1) is 4.47 Å². The molecule has 0 aromatic heterocycles. The molecule has 0 unspecified atom stereocenters. The Morgan fingerprint density at radius 2 is 1.82 bits per heavy atom. The van der Waals surface area contributed by atoms with Gasteiger partial charge in [0.2, 0.25) is 0 Å². The molecule has 4 heteroatoms. The normalized spacial score (nSPS) is 14.6. The number of rotatable bonds is 6. The van der Waals surface area contributed by atoms with Crippen LogP contribution in [0.3, 0.4) is 0 Å². The highest BCUT2D eigenvalue weighted by Gasteiger charge is 2.22. The van der Waals surface area contributed by atoms with Crippen LogP contribution in [0.1, 0.15) is 38.2 Å². The monoisotopic (exact) mass is 314 g/mol. The van der Waals surface area contributed by atoms with Gasteiger partial charge >= 0.3 is 0 Å². The van der Waals surface area contributed by atoms with Gasteiger partial charge in [-0.3, -0.25) is 0 Å². The Hall–Kier alpha value is -1.49. The summed E-state index contributed by atoms with van der Waals surface area (Å²) in [4.78, 5) is 0. The molecule has 116 valence electrons. The predicted octanol–water partition coefficient (Wildman–Crippen LogP) is 5.31. The second-order valence-electron chi connectivity index (χ2n) is 6.07. The fourth-order valence-electron chi connectivity index (χ4n) is 2.33. The molecule has 0 spiro atoms. The van der Waals surface area contributed by atoms with Crippen LogP contribution in [0, 0.1) is 0 Å². The van der Waals surface area contributed by atoms with E-state index in [0.717, 1.165) is 11.6 Å². The lowest BCUT2D eigenvalue weighted by molar-refractivity contribution is -0.0104. The molecule has 22 heavy (non-hydrogen) atoms. The van der Waals surface area contributed by atoms with Gasteiger partial charge in [-0.25, -0.2) is 0 Å². The summed E-state index contributed by atoms with van der Waals surface area (Å²) < 4.78 is 4.37. The van der Waals surface area contributed by atoms with E-state index in [1.807, 2.05) is 26.0 Å². The molecule has 0 bridgehead atoms. The molecule has 2 N–H and O–H groups in total. The minimum absolute atomic E-state index is 0.0654. The van der Waals surface area contributed by atoms with Gasteiger partial charge in [0.05, 0.1) is 12.1 Å². The first kappa shape index (κ1) is 15.4. The van der Waals surface area contributed by atoms with Gasteiger partial charge in [-0.1, -0.05) is 36.4 Å². The molecule has 1 fully saturated rings. The van der Waals surface area contributed by atoms with Crippen molar-refractivity contribution in [3.8, 4) is 11.1 Å². The lowest BCUT2D eigenvalue weighted by atomic mass is 10.0. The molecule has 3 nitrogen and oxygen atoms in total. The third-order valence-electron chi connectivity index (χ3n) is 3.85. The van der Waals surface area contributed by atoms with Crippen LogP contribution in [-0.4, -0.2) is 15.7 Å². The molecule has 0 amide bonds. The van der Waals surface area contributed by atoms with E-state index in [1.165, 1.54) is 46.1 Å². The van der Waals surface area contributed by atoms with Gasteiger partial charge in [0.1, 0.15) is 0 Å². The van der Waals surface area contributed by atoms with Crippen molar-refractivity contribution in [2.45, 2.75) is 38.6 Å². The zero-order valence-corrected chi connectivity index (χ0v) is 13.8. The van der Waals surface area contributed by atoms with Gasteiger partial charge in [0.25, 0.3) is 0 Å². The smallest absolute Gasteiger partial charge is 0.0635 e. The van der Waals surface area contributed by atoms with Crippen LogP contribution >= 0.6 is 12.1 Å². The first-order valence-electron chi connectivity index (χ1n) is 7.75. The van der Waals surface area contributed by atoms with E-state index in [1.54, 1.807) is 0 Å². The fourth-order valence-corrected chi connectivity index (χ4v) is 2.87. The maximum absolute atomic E-state index is 9.70. The third kappa shape index (κ3) is 3.83. The average Bonchev–Trinajstić information content (AvgIpc) is 3.38. The van der Waals surface area contributed by atoms with Gasteiger partial charge < -0.3 is 9.93 Å². The van der Waals surface area contributed by atoms with Crippen LogP contribution in [0.15, 0.2) is 48.5 Å². The largest absolute Gasteiger partial charge is 0.315 e. The number of hydrogen-bond acceptors (Lipinski definition) is 4. The second kappa shape index (κ2) is 6.73. The first-order valence-corrected chi connectivity index (χ1v) is 8.52. The lowest BCUT2D eigenvalue weighted by Crippen LogP contribution is -2.21. The summed E-state index contributed by atoms with van der Waals surface area (Å²) >= 11 is 1.20. The van der Waals surface area contributed by atoms with E-state index in [2.05, 4.69) is 41.1 Å². The van der Waals surface area contributed by atoms with E-state index in [0.29, 0.717) is 0 Å². The number of nitrogens with one attached hydrogen (secondary N) is 1. The minimum Gasteiger partial charge on any atom is -0.315 e. The Bertz CT molecular complexity index is 623. The summed E-state index contributed by atoms with van der Waals surface area (Å²) in [7, 11) is 0. The number of hydroxylamine groups is 1. The van der Waals surface area contributed by atoms with Crippen LogP contribution in [0.4, 0.5) is 5.69 Å². The zero-order valence-electron chi connectivity index (χ0n) is 13.0.